The van der Waals surface area contributed by atoms with Crippen molar-refractivity contribution in [2.75, 3.05) is 0 Å². The molecule has 0 unspecified atom stereocenters. The van der Waals surface area contributed by atoms with E-state index in [-0.39, 0.29) is 5.75 Å². The van der Waals surface area contributed by atoms with Crippen LogP contribution in [0.5, 0.6) is 0 Å². The van der Waals surface area contributed by atoms with Crippen molar-refractivity contribution in [3.05, 3.63) is 34.9 Å². The Bertz CT molecular complexity index is 463. The van der Waals surface area contributed by atoms with Crippen LogP contribution in [0.4, 0.5) is 0 Å². The molecule has 4 heteroatoms. The Labute approximate surface area is 89.9 Å². The summed E-state index contributed by atoms with van der Waals surface area (Å²) < 4.78 is 30.5. The van der Waals surface area contributed by atoms with E-state index in [0.717, 1.165) is 30.4 Å². The number of rotatable bonds is 2. The quantitative estimate of drug-likeness (QED) is 0.784. The summed E-state index contributed by atoms with van der Waals surface area (Å²) in [6, 6.07) is 5.70. The summed E-state index contributed by atoms with van der Waals surface area (Å²) in [4.78, 5) is 0. The van der Waals surface area contributed by atoms with Gasteiger partial charge < -0.3 is 0 Å². The molecule has 1 aromatic carbocycles. The van der Waals surface area contributed by atoms with Gasteiger partial charge >= 0.3 is 0 Å². The Hall–Kier alpha value is -0.870. The molecule has 0 aromatic heterocycles. The normalized spacial score (nSPS) is 16.1. The van der Waals surface area contributed by atoms with Gasteiger partial charge in [-0.1, -0.05) is 18.2 Å². The van der Waals surface area contributed by atoms with Crippen LogP contribution in [-0.2, 0) is 28.7 Å². The SMILES string of the molecule is O=S(=O)(O)Cc1cccc2c1CCCC2. The van der Waals surface area contributed by atoms with Crippen LogP contribution in [-0.4, -0.2) is 13.0 Å². The van der Waals surface area contributed by atoms with Crippen molar-refractivity contribution in [1.82, 2.24) is 0 Å². The summed E-state index contributed by atoms with van der Waals surface area (Å²) in [7, 11) is -3.91. The second-order valence-corrected chi connectivity index (χ2v) is 5.44. The van der Waals surface area contributed by atoms with Crippen LogP contribution in [0.25, 0.3) is 0 Å². The van der Waals surface area contributed by atoms with E-state index in [1.165, 1.54) is 12.0 Å². The standard InChI is InChI=1S/C11H14O3S/c12-15(13,14)8-10-6-3-5-9-4-1-2-7-11(9)10/h3,5-6H,1-2,4,7-8H2,(H,12,13,14). The number of hydrogen-bond donors (Lipinski definition) is 1. The molecule has 0 atom stereocenters. The van der Waals surface area contributed by atoms with Crippen molar-refractivity contribution in [2.24, 2.45) is 0 Å². The van der Waals surface area contributed by atoms with Gasteiger partial charge in [-0.05, 0) is 42.4 Å². The molecule has 0 heterocycles. The van der Waals surface area contributed by atoms with Crippen LogP contribution < -0.4 is 0 Å². The van der Waals surface area contributed by atoms with Gasteiger partial charge in [0.1, 0.15) is 5.75 Å². The lowest BCUT2D eigenvalue weighted by Gasteiger charge is -2.18. The van der Waals surface area contributed by atoms with Crippen LogP contribution in [0.3, 0.4) is 0 Å². The van der Waals surface area contributed by atoms with E-state index in [2.05, 4.69) is 0 Å². The minimum atomic E-state index is -3.91. The zero-order valence-corrected chi connectivity index (χ0v) is 9.26. The summed E-state index contributed by atoms with van der Waals surface area (Å²) in [6.45, 7) is 0. The average molecular weight is 226 g/mol. The van der Waals surface area contributed by atoms with Crippen molar-refractivity contribution in [3.63, 3.8) is 0 Å². The van der Waals surface area contributed by atoms with E-state index >= 15 is 0 Å². The van der Waals surface area contributed by atoms with Gasteiger partial charge in [-0.25, -0.2) is 0 Å². The third-order valence-electron chi connectivity index (χ3n) is 2.83. The van der Waals surface area contributed by atoms with E-state index in [0.29, 0.717) is 0 Å². The third-order valence-corrected chi connectivity index (χ3v) is 3.51. The predicted molar refractivity (Wildman–Crippen MR) is 58.3 cm³/mol. The Balaban J connectivity index is 2.39. The number of benzene rings is 1. The highest BCUT2D eigenvalue weighted by molar-refractivity contribution is 7.85. The van der Waals surface area contributed by atoms with Crippen LogP contribution in [0.2, 0.25) is 0 Å². The average Bonchev–Trinajstić information content (AvgIpc) is 2.16. The van der Waals surface area contributed by atoms with Crippen molar-refractivity contribution < 1.29 is 13.0 Å². The third kappa shape index (κ3) is 2.58. The van der Waals surface area contributed by atoms with Crippen LogP contribution >= 0.6 is 0 Å². The lowest BCUT2D eigenvalue weighted by atomic mass is 9.89. The molecule has 82 valence electrons. The van der Waals surface area contributed by atoms with Gasteiger partial charge in [0.25, 0.3) is 10.1 Å². The predicted octanol–water partition coefficient (Wildman–Crippen LogP) is 1.95. The largest absolute Gasteiger partial charge is 0.285 e. The van der Waals surface area contributed by atoms with Crippen molar-refractivity contribution in [2.45, 2.75) is 31.4 Å². The molecule has 0 radical (unpaired) electrons. The minimum absolute atomic E-state index is 0.254. The fraction of sp³-hybridized carbons (Fsp3) is 0.455. The Morgan fingerprint density at radius 2 is 1.93 bits per heavy atom. The number of fused-ring (bicyclic) bond motifs is 1. The lowest BCUT2D eigenvalue weighted by Crippen LogP contribution is -2.10. The molecule has 0 fully saturated rings. The molecule has 0 saturated heterocycles. The lowest BCUT2D eigenvalue weighted by molar-refractivity contribution is 0.481. The molecule has 0 saturated carbocycles. The van der Waals surface area contributed by atoms with Crippen molar-refractivity contribution >= 4 is 10.1 Å². The fourth-order valence-corrected chi connectivity index (χ4v) is 2.86. The fourth-order valence-electron chi connectivity index (χ4n) is 2.19. The van der Waals surface area contributed by atoms with E-state index in [1.54, 1.807) is 6.07 Å². The molecule has 15 heavy (non-hydrogen) atoms. The minimum Gasteiger partial charge on any atom is -0.285 e. The van der Waals surface area contributed by atoms with E-state index in [1.807, 2.05) is 12.1 Å². The van der Waals surface area contributed by atoms with Gasteiger partial charge in [0.15, 0.2) is 0 Å². The molecule has 3 nitrogen and oxygen atoms in total. The summed E-state index contributed by atoms with van der Waals surface area (Å²) in [5.74, 6) is -0.254. The topological polar surface area (TPSA) is 54.4 Å². The Kier molecular flexibility index (Phi) is 2.80. The molecule has 1 N–H and O–H groups in total. The molecule has 1 aromatic rings. The van der Waals surface area contributed by atoms with Gasteiger partial charge in [-0.3, -0.25) is 4.55 Å². The van der Waals surface area contributed by atoms with E-state index < -0.39 is 10.1 Å². The smallest absolute Gasteiger partial charge is 0.269 e. The highest BCUT2D eigenvalue weighted by Gasteiger charge is 2.16. The van der Waals surface area contributed by atoms with Crippen LogP contribution in [0.15, 0.2) is 18.2 Å². The first kappa shape index (κ1) is 10.6. The first-order valence-corrected chi connectivity index (χ1v) is 6.72. The van der Waals surface area contributed by atoms with Gasteiger partial charge in [-0.2, -0.15) is 8.42 Å². The van der Waals surface area contributed by atoms with Crippen LogP contribution in [0.1, 0.15) is 29.5 Å². The second kappa shape index (κ2) is 3.94. The molecule has 0 aliphatic heterocycles. The van der Waals surface area contributed by atoms with Crippen LogP contribution in [0, 0.1) is 0 Å². The molecule has 0 amide bonds. The Morgan fingerprint density at radius 1 is 1.20 bits per heavy atom. The van der Waals surface area contributed by atoms with Crippen molar-refractivity contribution in [3.8, 4) is 0 Å². The summed E-state index contributed by atoms with van der Waals surface area (Å²) in [5, 5.41) is 0. The maximum absolute atomic E-state index is 10.8. The molecular weight excluding hydrogens is 212 g/mol. The summed E-state index contributed by atoms with van der Waals surface area (Å²) >= 11 is 0. The van der Waals surface area contributed by atoms with Gasteiger partial charge in [-0.15, -0.1) is 0 Å². The summed E-state index contributed by atoms with van der Waals surface area (Å²) in [5.41, 5.74) is 3.12. The molecular formula is C11H14O3S. The maximum Gasteiger partial charge on any atom is 0.269 e. The molecule has 1 aliphatic carbocycles. The van der Waals surface area contributed by atoms with Gasteiger partial charge in [0.2, 0.25) is 0 Å². The van der Waals surface area contributed by atoms with E-state index in [9.17, 15) is 8.42 Å². The highest BCUT2D eigenvalue weighted by Crippen LogP contribution is 2.25. The Morgan fingerprint density at radius 3 is 2.67 bits per heavy atom. The first-order valence-electron chi connectivity index (χ1n) is 5.11. The number of aryl methyl sites for hydroxylation is 1. The molecule has 1 aliphatic rings. The molecule has 2 rings (SSSR count). The molecule has 0 spiro atoms. The number of hydrogen-bond acceptors (Lipinski definition) is 2. The second-order valence-electron chi connectivity index (χ2n) is 3.99. The zero-order chi connectivity index (χ0) is 10.9. The monoisotopic (exact) mass is 226 g/mol. The van der Waals surface area contributed by atoms with Crippen molar-refractivity contribution in [1.29, 1.82) is 0 Å². The first-order chi connectivity index (χ1) is 7.06. The molecule has 0 bridgehead atoms. The highest BCUT2D eigenvalue weighted by atomic mass is 32.2. The van der Waals surface area contributed by atoms with Gasteiger partial charge in [0, 0.05) is 0 Å². The van der Waals surface area contributed by atoms with Gasteiger partial charge in [0.05, 0.1) is 0 Å². The summed E-state index contributed by atoms with van der Waals surface area (Å²) in [6.07, 6.45) is 4.23. The maximum atomic E-state index is 10.8. The zero-order valence-electron chi connectivity index (χ0n) is 8.44. The van der Waals surface area contributed by atoms with E-state index in [4.69, 9.17) is 4.55 Å².